The molecule has 198 valence electrons. The minimum absolute atomic E-state index is 0.0455. The van der Waals surface area contributed by atoms with Crippen LogP contribution in [0.5, 0.6) is 0 Å². The molecular formula is C36H28N3OP. The molecule has 0 N–H and O–H groups in total. The Kier molecular flexibility index (Phi) is 5.32. The van der Waals surface area contributed by atoms with E-state index in [2.05, 4.69) is 107 Å². The van der Waals surface area contributed by atoms with E-state index in [1.165, 1.54) is 11.1 Å². The van der Waals surface area contributed by atoms with Crippen LogP contribution >= 0.6 is 7.29 Å². The van der Waals surface area contributed by atoms with Crippen molar-refractivity contribution in [2.45, 2.75) is 26.3 Å². The number of nitrogens with zero attached hydrogens (tertiary/aromatic N) is 3. The maximum absolute atomic E-state index is 15.7. The summed E-state index contributed by atoms with van der Waals surface area (Å²) in [6, 6.07) is 27.5. The molecule has 0 spiro atoms. The Morgan fingerprint density at radius 1 is 0.707 bits per heavy atom. The Labute approximate surface area is 240 Å². The lowest BCUT2D eigenvalue weighted by Crippen LogP contribution is -2.48. The van der Waals surface area contributed by atoms with Gasteiger partial charge >= 0.3 is 0 Å². The summed E-state index contributed by atoms with van der Waals surface area (Å²) >= 11 is 0. The van der Waals surface area contributed by atoms with Gasteiger partial charge in [-0.25, -0.2) is 0 Å². The fourth-order valence-electron chi connectivity index (χ4n) is 6.76. The Bertz CT molecular complexity index is 2010. The molecule has 0 saturated heterocycles. The first-order valence-corrected chi connectivity index (χ1v) is 15.7. The smallest absolute Gasteiger partial charge is 0.231 e. The lowest BCUT2D eigenvalue weighted by Gasteiger charge is -2.50. The van der Waals surface area contributed by atoms with Gasteiger partial charge in [0.25, 0.3) is 0 Å². The van der Waals surface area contributed by atoms with Crippen molar-refractivity contribution >= 4 is 34.7 Å². The van der Waals surface area contributed by atoms with Crippen molar-refractivity contribution in [3.05, 3.63) is 138 Å². The number of rotatable bonds is 2. The van der Waals surface area contributed by atoms with Crippen LogP contribution in [0.25, 0.3) is 33.4 Å². The molecule has 8 rings (SSSR count). The predicted molar refractivity (Wildman–Crippen MR) is 169 cm³/mol. The first-order valence-electron chi connectivity index (χ1n) is 14.0. The molecule has 2 atom stereocenters. The number of aromatic nitrogens is 2. The summed E-state index contributed by atoms with van der Waals surface area (Å²) in [5, 5.41) is 1.83. The zero-order valence-corrected chi connectivity index (χ0v) is 23.8. The highest BCUT2D eigenvalue weighted by atomic mass is 31.2. The molecule has 3 aromatic carbocycles. The zero-order chi connectivity index (χ0) is 27.7. The summed E-state index contributed by atoms with van der Waals surface area (Å²) < 4.78 is 18.0. The normalized spacial score (nSPS) is 20.0. The van der Waals surface area contributed by atoms with Crippen molar-refractivity contribution in [2.75, 3.05) is 4.67 Å². The van der Waals surface area contributed by atoms with Crippen LogP contribution in [-0.2, 0) is 4.57 Å². The highest BCUT2D eigenvalue weighted by molar-refractivity contribution is 7.80. The van der Waals surface area contributed by atoms with Crippen molar-refractivity contribution < 1.29 is 4.57 Å². The van der Waals surface area contributed by atoms with E-state index < -0.39 is 7.29 Å². The molecule has 5 heteroatoms. The molecule has 0 radical (unpaired) electrons. The second kappa shape index (κ2) is 8.99. The third-order valence-electron chi connectivity index (χ3n) is 8.55. The Morgan fingerprint density at radius 2 is 1.37 bits per heavy atom. The molecule has 4 heterocycles. The zero-order valence-electron chi connectivity index (χ0n) is 23.0. The van der Waals surface area contributed by atoms with Gasteiger partial charge in [0, 0.05) is 46.5 Å². The molecule has 3 aliphatic rings. The molecule has 2 unspecified atom stereocenters. The van der Waals surface area contributed by atoms with Gasteiger partial charge in [-0.1, -0.05) is 48.5 Å². The van der Waals surface area contributed by atoms with E-state index in [-0.39, 0.29) is 6.04 Å². The van der Waals surface area contributed by atoms with Crippen LogP contribution in [0.2, 0.25) is 0 Å². The third kappa shape index (κ3) is 3.57. The Balaban J connectivity index is 1.37. The molecule has 5 aromatic rings. The SMILES string of the molecule is Cc1cncc(C2=CCC3C(=C2)c2ccccc2P2(=O)c4ccccc4-c4cc(-c5cncc(C)c5)ccc4N32)c1. The van der Waals surface area contributed by atoms with Crippen LogP contribution in [0.3, 0.4) is 0 Å². The Hall–Kier alpha value is -4.53. The number of hydrogen-bond acceptors (Lipinski definition) is 3. The molecule has 0 saturated carbocycles. The molecule has 0 bridgehead atoms. The topological polar surface area (TPSA) is 46.1 Å². The van der Waals surface area contributed by atoms with E-state index >= 15 is 4.57 Å². The van der Waals surface area contributed by atoms with Gasteiger partial charge < -0.3 is 4.67 Å². The first kappa shape index (κ1) is 24.3. The second-order valence-electron chi connectivity index (χ2n) is 11.2. The fraction of sp³-hybridized carbons (Fsp3) is 0.111. The van der Waals surface area contributed by atoms with E-state index in [0.717, 1.165) is 67.2 Å². The first-order chi connectivity index (χ1) is 20.0. The van der Waals surface area contributed by atoms with Gasteiger partial charge in [-0.15, -0.1) is 0 Å². The van der Waals surface area contributed by atoms with Crippen LogP contribution in [0.4, 0.5) is 5.69 Å². The summed E-state index contributed by atoms with van der Waals surface area (Å²) in [5.74, 6) is 0. The molecule has 2 aromatic heterocycles. The number of allylic oxidation sites excluding steroid dienone is 2. The fourth-order valence-corrected chi connectivity index (χ4v) is 10.2. The van der Waals surface area contributed by atoms with Gasteiger partial charge in [0.15, 0.2) is 0 Å². The average molecular weight is 550 g/mol. The highest BCUT2D eigenvalue weighted by Gasteiger charge is 2.50. The summed E-state index contributed by atoms with van der Waals surface area (Å²) in [7, 11) is -3.18. The van der Waals surface area contributed by atoms with Gasteiger partial charge in [-0.05, 0) is 107 Å². The number of benzene rings is 3. The average Bonchev–Trinajstić information content (AvgIpc) is 3.01. The predicted octanol–water partition coefficient (Wildman–Crippen LogP) is 7.73. The largest absolute Gasteiger partial charge is 0.307 e. The van der Waals surface area contributed by atoms with E-state index in [0.29, 0.717) is 0 Å². The summed E-state index contributed by atoms with van der Waals surface area (Å²) in [5.41, 5.74) is 12.2. The molecule has 1 aliphatic carbocycles. The van der Waals surface area contributed by atoms with Gasteiger partial charge in [-0.3, -0.25) is 14.5 Å². The van der Waals surface area contributed by atoms with E-state index in [9.17, 15) is 0 Å². The minimum Gasteiger partial charge on any atom is -0.307 e. The van der Waals surface area contributed by atoms with E-state index in [4.69, 9.17) is 0 Å². The van der Waals surface area contributed by atoms with Crippen LogP contribution in [0.1, 0.15) is 28.7 Å². The molecule has 0 amide bonds. The quantitative estimate of drug-likeness (QED) is 0.212. The number of hydrogen-bond donors (Lipinski definition) is 0. The maximum atomic E-state index is 15.7. The van der Waals surface area contributed by atoms with Crippen LogP contribution in [0, 0.1) is 13.8 Å². The minimum atomic E-state index is -3.18. The van der Waals surface area contributed by atoms with Crippen molar-refractivity contribution in [3.63, 3.8) is 0 Å². The maximum Gasteiger partial charge on any atom is 0.231 e. The van der Waals surface area contributed by atoms with Crippen molar-refractivity contribution in [3.8, 4) is 22.3 Å². The summed E-state index contributed by atoms with van der Waals surface area (Å²) in [6.45, 7) is 4.14. The number of fused-ring (bicyclic) bond motifs is 11. The van der Waals surface area contributed by atoms with Gasteiger partial charge in [-0.2, -0.15) is 0 Å². The number of aryl methyl sites for hydroxylation is 2. The molecule has 0 fully saturated rings. The number of anilines is 1. The summed E-state index contributed by atoms with van der Waals surface area (Å²) in [4.78, 5) is 8.88. The monoisotopic (exact) mass is 549 g/mol. The molecular weight excluding hydrogens is 521 g/mol. The molecule has 4 nitrogen and oxygen atoms in total. The highest BCUT2D eigenvalue weighted by Crippen LogP contribution is 2.64. The van der Waals surface area contributed by atoms with Crippen LogP contribution < -0.4 is 15.3 Å². The van der Waals surface area contributed by atoms with Crippen LogP contribution in [0.15, 0.2) is 116 Å². The third-order valence-corrected chi connectivity index (χ3v) is 11.7. The lowest BCUT2D eigenvalue weighted by atomic mass is 9.86. The van der Waals surface area contributed by atoms with Gasteiger partial charge in [0.05, 0.1) is 11.7 Å². The van der Waals surface area contributed by atoms with Gasteiger partial charge in [0.1, 0.15) is 0 Å². The van der Waals surface area contributed by atoms with Gasteiger partial charge in [0.2, 0.25) is 7.29 Å². The van der Waals surface area contributed by atoms with Crippen molar-refractivity contribution in [1.82, 2.24) is 9.97 Å². The van der Waals surface area contributed by atoms with Crippen molar-refractivity contribution in [1.29, 1.82) is 0 Å². The van der Waals surface area contributed by atoms with E-state index in [1.807, 2.05) is 36.9 Å². The molecule has 2 aliphatic heterocycles. The van der Waals surface area contributed by atoms with E-state index in [1.54, 1.807) is 0 Å². The Morgan fingerprint density at radius 3 is 2.12 bits per heavy atom. The standard InChI is InChI=1S/C36H28N3OP/c1-23-15-27(21-37-19-23)25-11-13-33-31(17-25)29-7-3-5-9-35(29)41(40)36-10-6-4-8-30(36)32-18-26(12-14-34(32)39(33)41)28-16-24(2)20-38-22-28/h3-13,15-22,34H,14H2,1-2H3. The molecule has 41 heavy (non-hydrogen) atoms. The lowest BCUT2D eigenvalue weighted by molar-refractivity contribution is 0.579. The second-order valence-corrected chi connectivity index (χ2v) is 13.7. The van der Waals surface area contributed by atoms with Crippen molar-refractivity contribution in [2.24, 2.45) is 0 Å². The number of pyridine rings is 2. The summed E-state index contributed by atoms with van der Waals surface area (Å²) in [6.07, 6.45) is 13.0. The van der Waals surface area contributed by atoms with Crippen LogP contribution in [-0.4, -0.2) is 16.0 Å².